The number of carbonyl (C=O) groups excluding carboxylic acids is 3. The van der Waals surface area contributed by atoms with Crippen LogP contribution in [0.2, 0.25) is 0 Å². The third-order valence-electron chi connectivity index (χ3n) is 5.20. The Morgan fingerprint density at radius 3 is 2.53 bits per heavy atom. The standard InChI is InChI=1S/C23H22N4O4S/c24-11-15-4-8-17(9-5-15)25-23(30)20-13-32-14-27(20)21(28)12-31-19-3-1-2-18(10-19)26-22(29)16-6-7-16/h1-5,8-10,16,20H,6-7,12-14H2,(H,25,30)(H,26,29). The number of nitriles is 1. The van der Waals surface area contributed by atoms with Crippen LogP contribution in [0.1, 0.15) is 18.4 Å². The fourth-order valence-electron chi connectivity index (χ4n) is 3.24. The molecule has 1 atom stereocenters. The molecule has 1 heterocycles. The summed E-state index contributed by atoms with van der Waals surface area (Å²) in [6, 6.07) is 14.9. The smallest absolute Gasteiger partial charge is 0.261 e. The summed E-state index contributed by atoms with van der Waals surface area (Å²) in [6.45, 7) is -0.207. The first kappa shape index (κ1) is 21.7. The summed E-state index contributed by atoms with van der Waals surface area (Å²) in [4.78, 5) is 38.9. The molecule has 8 nitrogen and oxygen atoms in total. The molecule has 32 heavy (non-hydrogen) atoms. The molecule has 1 saturated carbocycles. The van der Waals surface area contributed by atoms with Gasteiger partial charge in [0.1, 0.15) is 11.8 Å². The zero-order valence-corrected chi connectivity index (χ0v) is 18.1. The summed E-state index contributed by atoms with van der Waals surface area (Å²) < 4.78 is 5.64. The van der Waals surface area contributed by atoms with Gasteiger partial charge in [-0.05, 0) is 49.2 Å². The van der Waals surface area contributed by atoms with Crippen molar-refractivity contribution in [3.63, 3.8) is 0 Å². The summed E-state index contributed by atoms with van der Waals surface area (Å²) in [5.41, 5.74) is 1.70. The monoisotopic (exact) mass is 450 g/mol. The second kappa shape index (κ2) is 9.75. The lowest BCUT2D eigenvalue weighted by molar-refractivity contribution is -0.137. The Kier molecular flexibility index (Phi) is 6.61. The van der Waals surface area contributed by atoms with Gasteiger partial charge in [-0.3, -0.25) is 14.4 Å². The van der Waals surface area contributed by atoms with Crippen LogP contribution in [-0.4, -0.2) is 46.9 Å². The predicted molar refractivity (Wildman–Crippen MR) is 121 cm³/mol. The Morgan fingerprint density at radius 2 is 1.81 bits per heavy atom. The van der Waals surface area contributed by atoms with E-state index in [2.05, 4.69) is 10.6 Å². The Hall–Kier alpha value is -3.51. The highest BCUT2D eigenvalue weighted by atomic mass is 32.2. The van der Waals surface area contributed by atoms with Crippen LogP contribution in [0, 0.1) is 17.2 Å². The van der Waals surface area contributed by atoms with Crippen LogP contribution in [0.25, 0.3) is 0 Å². The zero-order chi connectivity index (χ0) is 22.5. The van der Waals surface area contributed by atoms with Gasteiger partial charge in [0.15, 0.2) is 6.61 Å². The fourth-order valence-corrected chi connectivity index (χ4v) is 4.42. The van der Waals surface area contributed by atoms with Gasteiger partial charge in [0.2, 0.25) is 11.8 Å². The third kappa shape index (κ3) is 5.39. The lowest BCUT2D eigenvalue weighted by Gasteiger charge is -2.23. The average molecular weight is 451 g/mol. The number of amides is 3. The third-order valence-corrected chi connectivity index (χ3v) is 6.21. The van der Waals surface area contributed by atoms with E-state index >= 15 is 0 Å². The molecule has 2 aliphatic rings. The van der Waals surface area contributed by atoms with Gasteiger partial charge in [0.25, 0.3) is 5.91 Å². The number of ether oxygens (including phenoxy) is 1. The molecule has 1 aliphatic carbocycles. The van der Waals surface area contributed by atoms with E-state index in [4.69, 9.17) is 10.00 Å². The minimum Gasteiger partial charge on any atom is -0.484 e. The van der Waals surface area contributed by atoms with Gasteiger partial charge < -0.3 is 20.3 Å². The van der Waals surface area contributed by atoms with E-state index in [0.29, 0.717) is 34.3 Å². The van der Waals surface area contributed by atoms with Crippen molar-refractivity contribution in [1.29, 1.82) is 5.26 Å². The molecule has 1 unspecified atom stereocenters. The summed E-state index contributed by atoms with van der Waals surface area (Å²) in [7, 11) is 0. The van der Waals surface area contributed by atoms with Gasteiger partial charge in [0, 0.05) is 29.1 Å². The molecule has 2 aromatic carbocycles. The maximum absolute atomic E-state index is 12.7. The molecule has 2 aromatic rings. The Balaban J connectivity index is 1.31. The maximum atomic E-state index is 12.7. The van der Waals surface area contributed by atoms with E-state index in [0.717, 1.165) is 12.8 Å². The van der Waals surface area contributed by atoms with Crippen molar-refractivity contribution in [2.24, 2.45) is 5.92 Å². The SMILES string of the molecule is N#Cc1ccc(NC(=O)C2CSCN2C(=O)COc2cccc(NC(=O)C3CC3)c2)cc1. The van der Waals surface area contributed by atoms with Crippen LogP contribution < -0.4 is 15.4 Å². The molecule has 1 aliphatic heterocycles. The number of anilines is 2. The summed E-state index contributed by atoms with van der Waals surface area (Å²) in [6.07, 6.45) is 1.84. The van der Waals surface area contributed by atoms with Crippen molar-refractivity contribution in [3.05, 3.63) is 54.1 Å². The number of hydrogen-bond acceptors (Lipinski definition) is 6. The zero-order valence-electron chi connectivity index (χ0n) is 17.2. The highest BCUT2D eigenvalue weighted by Crippen LogP contribution is 2.30. The van der Waals surface area contributed by atoms with Gasteiger partial charge in [-0.15, -0.1) is 11.8 Å². The normalized spacial score (nSPS) is 17.3. The molecule has 3 amide bonds. The highest BCUT2D eigenvalue weighted by molar-refractivity contribution is 7.99. The number of nitrogens with zero attached hydrogens (tertiary/aromatic N) is 2. The first-order valence-electron chi connectivity index (χ1n) is 10.3. The fraction of sp³-hybridized carbons (Fsp3) is 0.304. The van der Waals surface area contributed by atoms with Crippen LogP contribution in [0.3, 0.4) is 0 Å². The van der Waals surface area contributed by atoms with Crippen LogP contribution in [-0.2, 0) is 14.4 Å². The minimum absolute atomic E-state index is 0.00318. The van der Waals surface area contributed by atoms with Crippen LogP contribution in [0.5, 0.6) is 5.75 Å². The molecule has 2 fully saturated rings. The van der Waals surface area contributed by atoms with Gasteiger partial charge in [-0.25, -0.2) is 0 Å². The van der Waals surface area contributed by atoms with E-state index in [1.54, 1.807) is 48.5 Å². The number of carbonyl (C=O) groups is 3. The molecule has 0 spiro atoms. The molecule has 2 N–H and O–H groups in total. The number of hydrogen-bond donors (Lipinski definition) is 2. The van der Waals surface area contributed by atoms with E-state index in [9.17, 15) is 14.4 Å². The molecular weight excluding hydrogens is 428 g/mol. The molecule has 0 aromatic heterocycles. The lowest BCUT2D eigenvalue weighted by Crippen LogP contribution is -2.46. The average Bonchev–Trinajstić information content (AvgIpc) is 3.54. The second-order valence-electron chi connectivity index (χ2n) is 7.64. The summed E-state index contributed by atoms with van der Waals surface area (Å²) in [5, 5.41) is 14.5. The Morgan fingerprint density at radius 1 is 1.06 bits per heavy atom. The Bertz CT molecular complexity index is 1060. The summed E-state index contributed by atoms with van der Waals surface area (Å²) in [5.74, 6) is 0.907. The van der Waals surface area contributed by atoms with E-state index < -0.39 is 6.04 Å². The quantitative estimate of drug-likeness (QED) is 0.671. The first-order chi connectivity index (χ1) is 15.5. The van der Waals surface area contributed by atoms with Gasteiger partial charge in [0.05, 0.1) is 17.5 Å². The van der Waals surface area contributed by atoms with Crippen LogP contribution in [0.15, 0.2) is 48.5 Å². The van der Waals surface area contributed by atoms with Gasteiger partial charge in [-0.1, -0.05) is 6.07 Å². The van der Waals surface area contributed by atoms with Crippen LogP contribution in [0.4, 0.5) is 11.4 Å². The molecule has 0 radical (unpaired) electrons. The largest absolute Gasteiger partial charge is 0.484 e. The maximum Gasteiger partial charge on any atom is 0.261 e. The first-order valence-corrected chi connectivity index (χ1v) is 11.4. The minimum atomic E-state index is -0.601. The topological polar surface area (TPSA) is 112 Å². The van der Waals surface area contributed by atoms with Crippen LogP contribution >= 0.6 is 11.8 Å². The van der Waals surface area contributed by atoms with Crippen molar-refractivity contribution in [2.45, 2.75) is 18.9 Å². The highest BCUT2D eigenvalue weighted by Gasteiger charge is 2.35. The number of nitrogens with one attached hydrogen (secondary N) is 2. The number of thioether (sulfide) groups is 1. The molecule has 164 valence electrons. The number of rotatable bonds is 7. The lowest BCUT2D eigenvalue weighted by atomic mass is 10.2. The predicted octanol–water partition coefficient (Wildman–Crippen LogP) is 2.83. The van der Waals surface area contributed by atoms with Crippen molar-refractivity contribution < 1.29 is 19.1 Å². The van der Waals surface area contributed by atoms with Crippen molar-refractivity contribution >= 4 is 40.9 Å². The Labute approximate surface area is 189 Å². The van der Waals surface area contributed by atoms with E-state index in [-0.39, 0.29) is 30.2 Å². The molecule has 1 saturated heterocycles. The molecular formula is C23H22N4O4S. The van der Waals surface area contributed by atoms with E-state index in [1.165, 1.54) is 16.7 Å². The van der Waals surface area contributed by atoms with E-state index in [1.807, 2.05) is 6.07 Å². The van der Waals surface area contributed by atoms with Crippen molar-refractivity contribution in [1.82, 2.24) is 4.90 Å². The summed E-state index contributed by atoms with van der Waals surface area (Å²) >= 11 is 1.50. The van der Waals surface area contributed by atoms with Crippen molar-refractivity contribution in [2.75, 3.05) is 28.9 Å². The van der Waals surface area contributed by atoms with Crippen molar-refractivity contribution in [3.8, 4) is 11.8 Å². The van der Waals surface area contributed by atoms with Gasteiger partial charge in [-0.2, -0.15) is 5.26 Å². The molecule has 0 bridgehead atoms. The second-order valence-corrected chi connectivity index (χ2v) is 8.64. The molecule has 9 heteroatoms. The van der Waals surface area contributed by atoms with Gasteiger partial charge >= 0.3 is 0 Å². The number of benzene rings is 2. The molecule has 4 rings (SSSR count).